The number of Topliss-reactive ketones (excluding diaryl/α,β-unsaturated/α-hetero) is 1. The molecule has 0 saturated carbocycles. The highest BCUT2D eigenvalue weighted by Crippen LogP contribution is 2.37. The molecule has 1 aromatic rings. The van der Waals surface area contributed by atoms with Gasteiger partial charge in [0.25, 0.3) is 11.7 Å². The summed E-state index contributed by atoms with van der Waals surface area (Å²) in [4.78, 5) is 34.3. The zero-order chi connectivity index (χ0) is 13.4. The quantitative estimate of drug-likeness (QED) is 0.465. The van der Waals surface area contributed by atoms with Gasteiger partial charge in [-0.3, -0.25) is 19.7 Å². The third kappa shape index (κ3) is 1.55. The molecule has 0 saturated heterocycles. The van der Waals surface area contributed by atoms with Crippen LogP contribution in [0.1, 0.15) is 23.7 Å². The van der Waals surface area contributed by atoms with Crippen LogP contribution < -0.4 is 4.90 Å². The Kier molecular flexibility index (Phi) is 2.82. The Balaban J connectivity index is 2.69. The Labute approximate surface area is 101 Å². The maximum absolute atomic E-state index is 13.4. The average Bonchev–Trinajstić information content (AvgIpc) is 2.54. The molecule has 0 spiro atoms. The first-order chi connectivity index (χ1) is 8.49. The molecule has 0 N–H and O–H groups in total. The lowest BCUT2D eigenvalue weighted by atomic mass is 10.1. The fourth-order valence-corrected chi connectivity index (χ4v) is 1.97. The van der Waals surface area contributed by atoms with Crippen LogP contribution in [-0.4, -0.2) is 23.2 Å². The minimum atomic E-state index is -1.11. The number of nitrogens with zero attached hydrogens (tertiary/aromatic N) is 2. The lowest BCUT2D eigenvalue weighted by Crippen LogP contribution is -2.30. The molecule has 0 bridgehead atoms. The van der Waals surface area contributed by atoms with E-state index in [1.165, 1.54) is 6.07 Å². The first kappa shape index (κ1) is 12.2. The van der Waals surface area contributed by atoms with Crippen molar-refractivity contribution in [2.45, 2.75) is 13.3 Å². The van der Waals surface area contributed by atoms with Crippen LogP contribution in [0.15, 0.2) is 12.1 Å². The predicted octanol–water partition coefficient (Wildman–Crippen LogP) is 1.67. The van der Waals surface area contributed by atoms with Crippen molar-refractivity contribution in [3.63, 3.8) is 0 Å². The molecule has 1 aliphatic heterocycles. The standard InChI is InChI=1S/C11H9FN2O4/c1-2-5-13-7-4-3-6(12)9(14(17)18)8(7)10(15)11(13)16/h3-4H,2,5H2,1H3. The fourth-order valence-electron chi connectivity index (χ4n) is 1.97. The van der Waals surface area contributed by atoms with E-state index in [4.69, 9.17) is 0 Å². The van der Waals surface area contributed by atoms with Gasteiger partial charge in [0.2, 0.25) is 5.82 Å². The summed E-state index contributed by atoms with van der Waals surface area (Å²) < 4.78 is 13.4. The van der Waals surface area contributed by atoms with Gasteiger partial charge in [-0.15, -0.1) is 0 Å². The Morgan fingerprint density at radius 1 is 1.39 bits per heavy atom. The maximum Gasteiger partial charge on any atom is 0.318 e. The van der Waals surface area contributed by atoms with Gasteiger partial charge in [-0.2, -0.15) is 4.39 Å². The molecule has 6 nitrogen and oxygen atoms in total. The summed E-state index contributed by atoms with van der Waals surface area (Å²) in [7, 11) is 0. The summed E-state index contributed by atoms with van der Waals surface area (Å²) >= 11 is 0. The van der Waals surface area contributed by atoms with E-state index in [0.29, 0.717) is 6.42 Å². The molecule has 1 heterocycles. The summed E-state index contributed by atoms with van der Waals surface area (Å²) in [5, 5.41) is 10.8. The summed E-state index contributed by atoms with van der Waals surface area (Å²) in [6.07, 6.45) is 0.587. The molecule has 0 fully saturated rings. The largest absolute Gasteiger partial charge is 0.318 e. The molecule has 0 aromatic heterocycles. The fraction of sp³-hybridized carbons (Fsp3) is 0.273. The van der Waals surface area contributed by atoms with Gasteiger partial charge in [0.15, 0.2) is 0 Å². The second kappa shape index (κ2) is 4.17. The van der Waals surface area contributed by atoms with Gasteiger partial charge in [-0.05, 0) is 18.6 Å². The zero-order valence-electron chi connectivity index (χ0n) is 9.47. The molecular weight excluding hydrogens is 243 g/mol. The lowest BCUT2D eigenvalue weighted by molar-refractivity contribution is -0.387. The van der Waals surface area contributed by atoms with Crippen molar-refractivity contribution in [1.82, 2.24) is 0 Å². The van der Waals surface area contributed by atoms with Crippen LogP contribution in [-0.2, 0) is 4.79 Å². The lowest BCUT2D eigenvalue weighted by Gasteiger charge is -2.14. The van der Waals surface area contributed by atoms with E-state index < -0.39 is 33.7 Å². The first-order valence-corrected chi connectivity index (χ1v) is 5.32. The summed E-state index contributed by atoms with van der Waals surface area (Å²) in [5.41, 5.74) is -1.26. The van der Waals surface area contributed by atoms with Crippen LogP contribution in [0.2, 0.25) is 0 Å². The van der Waals surface area contributed by atoms with E-state index in [1.807, 2.05) is 0 Å². The number of amides is 1. The number of nitro benzene ring substituents is 1. The molecular formula is C11H9FN2O4. The molecule has 0 radical (unpaired) electrons. The first-order valence-electron chi connectivity index (χ1n) is 5.32. The second-order valence-corrected chi connectivity index (χ2v) is 3.83. The Hall–Kier alpha value is -2.31. The van der Waals surface area contributed by atoms with Gasteiger partial charge in [0, 0.05) is 6.54 Å². The van der Waals surface area contributed by atoms with Crippen molar-refractivity contribution in [1.29, 1.82) is 0 Å². The molecule has 1 amide bonds. The third-order valence-electron chi connectivity index (χ3n) is 2.69. The van der Waals surface area contributed by atoms with Gasteiger partial charge in [-0.1, -0.05) is 6.92 Å². The number of halogens is 1. The Morgan fingerprint density at radius 3 is 2.61 bits per heavy atom. The number of hydrogen-bond acceptors (Lipinski definition) is 4. The van der Waals surface area contributed by atoms with Crippen LogP contribution in [0, 0.1) is 15.9 Å². The maximum atomic E-state index is 13.4. The number of nitro groups is 1. The summed E-state index contributed by atoms with van der Waals surface area (Å²) in [6.45, 7) is 2.06. The highest BCUT2D eigenvalue weighted by atomic mass is 19.1. The van der Waals surface area contributed by atoms with Crippen molar-refractivity contribution >= 4 is 23.1 Å². The number of ketones is 1. The monoisotopic (exact) mass is 252 g/mol. The number of benzene rings is 1. The Morgan fingerprint density at radius 2 is 2.06 bits per heavy atom. The van der Waals surface area contributed by atoms with Crippen molar-refractivity contribution < 1.29 is 18.9 Å². The van der Waals surface area contributed by atoms with E-state index in [0.717, 1.165) is 11.0 Å². The van der Waals surface area contributed by atoms with Crippen LogP contribution in [0.25, 0.3) is 0 Å². The summed E-state index contributed by atoms with van der Waals surface area (Å²) in [5.74, 6) is -2.98. The van der Waals surface area contributed by atoms with E-state index in [9.17, 15) is 24.1 Å². The molecule has 1 aromatic carbocycles. The van der Waals surface area contributed by atoms with Crippen molar-refractivity contribution in [3.05, 3.63) is 33.6 Å². The van der Waals surface area contributed by atoms with Gasteiger partial charge >= 0.3 is 5.69 Å². The minimum absolute atomic E-state index is 0.111. The number of rotatable bonds is 3. The molecule has 1 aliphatic rings. The molecule has 0 aliphatic carbocycles. The number of carbonyl (C=O) groups is 2. The second-order valence-electron chi connectivity index (χ2n) is 3.83. The van der Waals surface area contributed by atoms with E-state index in [2.05, 4.69) is 0 Å². The highest BCUT2D eigenvalue weighted by Gasteiger charge is 2.42. The topological polar surface area (TPSA) is 80.5 Å². The average molecular weight is 252 g/mol. The molecule has 18 heavy (non-hydrogen) atoms. The van der Waals surface area contributed by atoms with Gasteiger partial charge < -0.3 is 4.90 Å². The molecule has 0 atom stereocenters. The minimum Gasteiger partial charge on any atom is -0.305 e. The molecule has 94 valence electrons. The van der Waals surface area contributed by atoms with Gasteiger partial charge in [-0.25, -0.2) is 0 Å². The SMILES string of the molecule is CCCN1C(=O)C(=O)c2c1ccc(F)c2[N+](=O)[O-]. The number of fused-ring (bicyclic) bond motifs is 1. The van der Waals surface area contributed by atoms with E-state index in [-0.39, 0.29) is 12.2 Å². The normalized spacial score (nSPS) is 14.0. The molecule has 2 rings (SSSR count). The smallest absolute Gasteiger partial charge is 0.305 e. The number of anilines is 1. The van der Waals surface area contributed by atoms with Crippen LogP contribution in [0.5, 0.6) is 0 Å². The highest BCUT2D eigenvalue weighted by molar-refractivity contribution is 6.53. The van der Waals surface area contributed by atoms with Crippen LogP contribution in [0.4, 0.5) is 15.8 Å². The van der Waals surface area contributed by atoms with Crippen LogP contribution in [0.3, 0.4) is 0 Å². The van der Waals surface area contributed by atoms with Gasteiger partial charge in [0.05, 0.1) is 10.6 Å². The molecule has 7 heteroatoms. The number of carbonyl (C=O) groups excluding carboxylic acids is 2. The van der Waals surface area contributed by atoms with Gasteiger partial charge in [0.1, 0.15) is 5.56 Å². The predicted molar refractivity (Wildman–Crippen MR) is 60.0 cm³/mol. The van der Waals surface area contributed by atoms with E-state index in [1.54, 1.807) is 6.92 Å². The van der Waals surface area contributed by atoms with Crippen molar-refractivity contribution in [2.75, 3.05) is 11.4 Å². The number of hydrogen-bond donors (Lipinski definition) is 0. The van der Waals surface area contributed by atoms with E-state index >= 15 is 0 Å². The summed E-state index contributed by atoms with van der Waals surface area (Å²) in [6, 6.07) is 2.11. The third-order valence-corrected chi connectivity index (χ3v) is 2.69. The Bertz CT molecular complexity index is 570. The molecule has 0 unspecified atom stereocenters. The van der Waals surface area contributed by atoms with Crippen molar-refractivity contribution in [2.24, 2.45) is 0 Å². The van der Waals surface area contributed by atoms with Crippen molar-refractivity contribution in [3.8, 4) is 0 Å². The zero-order valence-corrected chi connectivity index (χ0v) is 9.47. The van der Waals surface area contributed by atoms with Crippen LogP contribution >= 0.6 is 0 Å².